The summed E-state index contributed by atoms with van der Waals surface area (Å²) in [5.41, 5.74) is 1.89. The van der Waals surface area contributed by atoms with Crippen LogP contribution in [0.15, 0.2) is 36.5 Å². The molecule has 0 saturated heterocycles. The Bertz CT molecular complexity index is 952. The van der Waals surface area contributed by atoms with E-state index in [1.54, 1.807) is 42.7 Å². The highest BCUT2D eigenvalue weighted by atomic mass is 16.5. The summed E-state index contributed by atoms with van der Waals surface area (Å²) in [7, 11) is 9.82. The monoisotopic (exact) mass is 443 g/mol. The molecule has 1 aliphatic heterocycles. The van der Waals surface area contributed by atoms with Crippen LogP contribution in [0.2, 0.25) is 0 Å². The minimum Gasteiger partial charge on any atom is -0.496 e. The van der Waals surface area contributed by atoms with Crippen molar-refractivity contribution in [1.29, 1.82) is 0 Å². The summed E-state index contributed by atoms with van der Waals surface area (Å²) in [6.07, 6.45) is 6.10. The van der Waals surface area contributed by atoms with E-state index in [0.29, 0.717) is 54.3 Å². The Balaban J connectivity index is 1.82. The van der Waals surface area contributed by atoms with Gasteiger partial charge in [0.15, 0.2) is 12.8 Å². The van der Waals surface area contributed by atoms with Crippen LogP contribution in [0.25, 0.3) is 0 Å². The molecule has 0 radical (unpaired) electrons. The third-order valence-corrected chi connectivity index (χ3v) is 5.31. The molecular formula is C24H31N2O6+. The van der Waals surface area contributed by atoms with Crippen molar-refractivity contribution in [2.75, 3.05) is 49.3 Å². The number of hydrogen-bond donors (Lipinski definition) is 0. The van der Waals surface area contributed by atoms with Gasteiger partial charge in [0.05, 0.1) is 54.8 Å². The van der Waals surface area contributed by atoms with Gasteiger partial charge in [-0.25, -0.2) is 4.58 Å². The maximum absolute atomic E-state index is 5.60. The molecule has 0 spiro atoms. The van der Waals surface area contributed by atoms with Crippen molar-refractivity contribution in [2.45, 2.75) is 13.1 Å². The molecule has 0 aliphatic carbocycles. The van der Waals surface area contributed by atoms with E-state index in [1.165, 1.54) is 0 Å². The first-order chi connectivity index (χ1) is 15.6. The van der Waals surface area contributed by atoms with Gasteiger partial charge in [-0.2, -0.15) is 0 Å². The number of methoxy groups -OCH3 is 6. The molecule has 172 valence electrons. The minimum atomic E-state index is 0.605. The largest absolute Gasteiger partial charge is 0.496 e. The van der Waals surface area contributed by atoms with E-state index in [0.717, 1.165) is 11.1 Å². The van der Waals surface area contributed by atoms with Gasteiger partial charge in [-0.1, -0.05) is 0 Å². The summed E-state index contributed by atoms with van der Waals surface area (Å²) in [5, 5.41) is 0. The number of benzene rings is 2. The summed E-state index contributed by atoms with van der Waals surface area (Å²) in [4.78, 5) is 2.18. The lowest BCUT2D eigenvalue weighted by Crippen LogP contribution is -2.31. The first kappa shape index (κ1) is 23.1. The lowest BCUT2D eigenvalue weighted by molar-refractivity contribution is -0.559. The Labute approximate surface area is 189 Å². The van der Waals surface area contributed by atoms with Crippen molar-refractivity contribution >= 4 is 6.21 Å². The summed E-state index contributed by atoms with van der Waals surface area (Å²) in [5.74, 6) is 4.24. The van der Waals surface area contributed by atoms with Crippen LogP contribution in [-0.2, 0) is 13.1 Å². The van der Waals surface area contributed by atoms with Crippen molar-refractivity contribution in [1.82, 2.24) is 4.90 Å². The molecule has 0 amide bonds. The predicted octanol–water partition coefficient (Wildman–Crippen LogP) is 3.31. The number of hydrogen-bond acceptors (Lipinski definition) is 7. The average molecular weight is 444 g/mol. The Morgan fingerprint density at radius 2 is 1.16 bits per heavy atom. The molecule has 2 aromatic carbocycles. The van der Waals surface area contributed by atoms with Crippen LogP contribution < -0.4 is 28.4 Å². The second-order valence-corrected chi connectivity index (χ2v) is 7.15. The van der Waals surface area contributed by atoms with Gasteiger partial charge in [0.25, 0.3) is 0 Å². The van der Waals surface area contributed by atoms with Gasteiger partial charge in [-0.3, -0.25) is 0 Å². The Morgan fingerprint density at radius 3 is 1.59 bits per heavy atom. The molecule has 8 heteroatoms. The molecule has 0 N–H and O–H groups in total. The van der Waals surface area contributed by atoms with Gasteiger partial charge in [-0.05, 0) is 0 Å². The second-order valence-electron chi connectivity index (χ2n) is 7.15. The lowest BCUT2D eigenvalue weighted by Gasteiger charge is -2.24. The molecule has 0 saturated carbocycles. The molecule has 0 aromatic heterocycles. The van der Waals surface area contributed by atoms with Crippen LogP contribution in [-0.4, -0.2) is 65.0 Å². The highest BCUT2D eigenvalue weighted by Crippen LogP contribution is 2.36. The lowest BCUT2D eigenvalue weighted by atomic mass is 10.1. The van der Waals surface area contributed by atoms with E-state index in [-0.39, 0.29) is 0 Å². The average Bonchev–Trinajstić information content (AvgIpc) is 2.84. The second kappa shape index (κ2) is 10.7. The van der Waals surface area contributed by atoms with Crippen LogP contribution in [0.1, 0.15) is 11.1 Å². The van der Waals surface area contributed by atoms with Crippen LogP contribution in [0.5, 0.6) is 34.5 Å². The van der Waals surface area contributed by atoms with E-state index < -0.39 is 0 Å². The number of allylic oxidation sites excluding steroid dienone is 1. The van der Waals surface area contributed by atoms with Crippen LogP contribution in [0.4, 0.5) is 0 Å². The molecule has 2 aromatic rings. The van der Waals surface area contributed by atoms with Gasteiger partial charge in [0, 0.05) is 36.5 Å². The van der Waals surface area contributed by atoms with Gasteiger partial charge in [0.1, 0.15) is 40.1 Å². The molecule has 0 bridgehead atoms. The molecule has 1 aliphatic rings. The van der Waals surface area contributed by atoms with E-state index in [4.69, 9.17) is 28.4 Å². The Hall–Kier alpha value is -3.55. The number of nitrogens with zero attached hydrogens (tertiary/aromatic N) is 2. The number of rotatable bonds is 10. The fraction of sp³-hybridized carbons (Fsp3) is 0.375. The standard InChI is InChI=1S/C24H31N2O6/c1-27-17-10-21(29-3)19(22(11-17)30-4)14-25-8-7-9-26(16-25)15-20-23(31-5)12-18(28-2)13-24(20)32-6/h7-13H,14-16H2,1-6H3/q+1. The normalized spacial score (nSPS) is 12.8. The van der Waals surface area contributed by atoms with Crippen molar-refractivity contribution in [3.8, 4) is 34.5 Å². The smallest absolute Gasteiger partial charge is 0.218 e. The predicted molar refractivity (Wildman–Crippen MR) is 122 cm³/mol. The Kier molecular flexibility index (Phi) is 7.70. The van der Waals surface area contributed by atoms with Crippen molar-refractivity contribution in [3.05, 3.63) is 47.7 Å². The highest BCUT2D eigenvalue weighted by molar-refractivity contribution is 5.66. The van der Waals surface area contributed by atoms with E-state index in [2.05, 4.69) is 9.48 Å². The summed E-state index contributed by atoms with van der Waals surface area (Å²) < 4.78 is 35.3. The van der Waals surface area contributed by atoms with Crippen LogP contribution >= 0.6 is 0 Å². The zero-order chi connectivity index (χ0) is 23.1. The van der Waals surface area contributed by atoms with Gasteiger partial charge in [0.2, 0.25) is 6.67 Å². The van der Waals surface area contributed by atoms with E-state index in [1.807, 2.05) is 42.8 Å². The zero-order valence-corrected chi connectivity index (χ0v) is 19.5. The first-order valence-electron chi connectivity index (χ1n) is 10.1. The van der Waals surface area contributed by atoms with Gasteiger partial charge in [-0.15, -0.1) is 0 Å². The van der Waals surface area contributed by atoms with Crippen molar-refractivity contribution in [2.24, 2.45) is 0 Å². The summed E-state index contributed by atoms with van der Waals surface area (Å²) in [6, 6.07) is 7.45. The van der Waals surface area contributed by atoms with Gasteiger partial charge >= 0.3 is 0 Å². The molecule has 0 fully saturated rings. The highest BCUT2D eigenvalue weighted by Gasteiger charge is 2.23. The molecule has 32 heavy (non-hydrogen) atoms. The fourth-order valence-corrected chi connectivity index (χ4v) is 3.69. The summed E-state index contributed by atoms with van der Waals surface area (Å²) in [6.45, 7) is 1.87. The Morgan fingerprint density at radius 1 is 0.688 bits per heavy atom. The van der Waals surface area contributed by atoms with Crippen molar-refractivity contribution in [3.63, 3.8) is 0 Å². The zero-order valence-electron chi connectivity index (χ0n) is 19.5. The maximum atomic E-state index is 5.60. The van der Waals surface area contributed by atoms with E-state index in [9.17, 15) is 0 Å². The first-order valence-corrected chi connectivity index (χ1v) is 10.1. The topological polar surface area (TPSA) is 61.6 Å². The van der Waals surface area contributed by atoms with E-state index >= 15 is 0 Å². The molecule has 1 heterocycles. The molecule has 0 unspecified atom stereocenters. The molecular weight excluding hydrogens is 412 g/mol. The van der Waals surface area contributed by atoms with Crippen molar-refractivity contribution < 1.29 is 33.0 Å². The van der Waals surface area contributed by atoms with Gasteiger partial charge < -0.3 is 33.3 Å². The van der Waals surface area contributed by atoms with Crippen LogP contribution in [0, 0.1) is 0 Å². The number of ether oxygens (including phenoxy) is 6. The third-order valence-electron chi connectivity index (χ3n) is 5.31. The third kappa shape index (κ3) is 5.01. The minimum absolute atomic E-state index is 0.605. The van der Waals surface area contributed by atoms with Crippen LogP contribution in [0.3, 0.4) is 0 Å². The summed E-state index contributed by atoms with van der Waals surface area (Å²) >= 11 is 0. The maximum Gasteiger partial charge on any atom is 0.218 e. The molecule has 3 rings (SSSR count). The molecule has 8 nitrogen and oxygen atoms in total. The fourth-order valence-electron chi connectivity index (χ4n) is 3.69. The SMILES string of the molecule is COc1cc(OC)c(CN2C=CC=[N+](Cc3c(OC)cc(OC)cc3OC)C2)c(OC)c1. The molecule has 0 atom stereocenters. The quantitative estimate of drug-likeness (QED) is 0.522.